The summed E-state index contributed by atoms with van der Waals surface area (Å²) in [5.74, 6) is -0.854. The standard InChI is InChI=1S/C14H23NO3/c1-2-3-8-12(16)15-11-14(13(17)18)9-6-4-5-7-10-14/h2H,1,3-11H2,(H,15,16)(H,17,18). The molecule has 0 bridgehead atoms. The van der Waals surface area contributed by atoms with Crippen LogP contribution >= 0.6 is 0 Å². The van der Waals surface area contributed by atoms with Gasteiger partial charge in [0.1, 0.15) is 0 Å². The summed E-state index contributed by atoms with van der Waals surface area (Å²) >= 11 is 0. The zero-order valence-corrected chi connectivity index (χ0v) is 10.9. The van der Waals surface area contributed by atoms with Crippen molar-refractivity contribution in [1.29, 1.82) is 0 Å². The van der Waals surface area contributed by atoms with Gasteiger partial charge in [-0.1, -0.05) is 31.8 Å². The van der Waals surface area contributed by atoms with Crippen LogP contribution in [-0.4, -0.2) is 23.5 Å². The molecule has 1 rings (SSSR count). The number of hydrogen-bond acceptors (Lipinski definition) is 2. The Bertz CT molecular complexity index is 304. The Kier molecular flexibility index (Phi) is 5.89. The van der Waals surface area contributed by atoms with Crippen molar-refractivity contribution in [3.05, 3.63) is 12.7 Å². The van der Waals surface area contributed by atoms with E-state index in [2.05, 4.69) is 11.9 Å². The minimum atomic E-state index is -0.770. The lowest BCUT2D eigenvalue weighted by Crippen LogP contribution is -2.42. The first-order valence-corrected chi connectivity index (χ1v) is 6.72. The van der Waals surface area contributed by atoms with Crippen molar-refractivity contribution in [2.75, 3.05) is 6.54 Å². The second-order valence-corrected chi connectivity index (χ2v) is 5.10. The maximum absolute atomic E-state index is 11.5. The number of carboxylic acid groups (broad SMARTS) is 1. The average molecular weight is 253 g/mol. The third-order valence-corrected chi connectivity index (χ3v) is 3.71. The highest BCUT2D eigenvalue weighted by molar-refractivity contribution is 5.79. The SMILES string of the molecule is C=CCCC(=O)NCC1(C(=O)O)CCCCCC1. The number of allylic oxidation sites excluding steroid dienone is 1. The minimum absolute atomic E-state index is 0.0835. The van der Waals surface area contributed by atoms with Crippen molar-refractivity contribution in [2.24, 2.45) is 5.41 Å². The van der Waals surface area contributed by atoms with E-state index in [4.69, 9.17) is 0 Å². The maximum Gasteiger partial charge on any atom is 0.311 e. The summed E-state index contributed by atoms with van der Waals surface area (Å²) in [5.41, 5.74) is -0.750. The van der Waals surface area contributed by atoms with Gasteiger partial charge in [-0.2, -0.15) is 0 Å². The molecule has 0 aliphatic heterocycles. The van der Waals surface area contributed by atoms with Crippen molar-refractivity contribution in [3.63, 3.8) is 0 Å². The van der Waals surface area contributed by atoms with Gasteiger partial charge in [-0.25, -0.2) is 0 Å². The second kappa shape index (κ2) is 7.19. The van der Waals surface area contributed by atoms with Crippen LogP contribution in [0.2, 0.25) is 0 Å². The van der Waals surface area contributed by atoms with E-state index >= 15 is 0 Å². The molecule has 1 aliphatic carbocycles. The van der Waals surface area contributed by atoms with E-state index in [9.17, 15) is 14.7 Å². The van der Waals surface area contributed by atoms with Gasteiger partial charge in [0.15, 0.2) is 0 Å². The second-order valence-electron chi connectivity index (χ2n) is 5.10. The lowest BCUT2D eigenvalue weighted by Gasteiger charge is -2.28. The monoisotopic (exact) mass is 253 g/mol. The van der Waals surface area contributed by atoms with Crippen molar-refractivity contribution in [2.45, 2.75) is 51.4 Å². The number of rotatable bonds is 6. The molecule has 0 aromatic rings. The molecule has 18 heavy (non-hydrogen) atoms. The van der Waals surface area contributed by atoms with Crippen LogP contribution in [0.5, 0.6) is 0 Å². The number of carboxylic acids is 1. The van der Waals surface area contributed by atoms with Crippen LogP contribution in [0.4, 0.5) is 0 Å². The smallest absolute Gasteiger partial charge is 0.311 e. The zero-order chi connectivity index (χ0) is 13.4. The lowest BCUT2D eigenvalue weighted by atomic mass is 9.80. The predicted octanol–water partition coefficient (Wildman–Crippen LogP) is 2.49. The molecule has 1 amide bonds. The van der Waals surface area contributed by atoms with Crippen molar-refractivity contribution in [1.82, 2.24) is 5.32 Å². The molecule has 0 aromatic carbocycles. The quantitative estimate of drug-likeness (QED) is 0.564. The van der Waals surface area contributed by atoms with Gasteiger partial charge < -0.3 is 10.4 Å². The third-order valence-electron chi connectivity index (χ3n) is 3.71. The van der Waals surface area contributed by atoms with E-state index in [1.165, 1.54) is 0 Å². The van der Waals surface area contributed by atoms with Gasteiger partial charge >= 0.3 is 5.97 Å². The summed E-state index contributed by atoms with van der Waals surface area (Å²) in [6, 6.07) is 0. The molecule has 4 nitrogen and oxygen atoms in total. The largest absolute Gasteiger partial charge is 0.481 e. The molecule has 0 spiro atoms. The molecule has 4 heteroatoms. The Balaban J connectivity index is 2.54. The summed E-state index contributed by atoms with van der Waals surface area (Å²) in [6.45, 7) is 3.82. The fraction of sp³-hybridized carbons (Fsp3) is 0.714. The molecule has 1 fully saturated rings. The third kappa shape index (κ3) is 4.17. The molecule has 0 atom stereocenters. The molecule has 1 saturated carbocycles. The minimum Gasteiger partial charge on any atom is -0.481 e. The Labute approximate surface area is 108 Å². The topological polar surface area (TPSA) is 66.4 Å². The summed E-state index contributed by atoms with van der Waals surface area (Å²) in [6.07, 6.45) is 8.12. The Morgan fingerprint density at radius 1 is 1.22 bits per heavy atom. The van der Waals surface area contributed by atoms with Gasteiger partial charge in [-0.15, -0.1) is 6.58 Å². The van der Waals surface area contributed by atoms with Crippen LogP contribution in [0.3, 0.4) is 0 Å². The fourth-order valence-corrected chi connectivity index (χ4v) is 2.46. The number of amides is 1. The first kappa shape index (κ1) is 14.7. The first-order valence-electron chi connectivity index (χ1n) is 6.72. The number of nitrogens with one attached hydrogen (secondary N) is 1. The van der Waals surface area contributed by atoms with Gasteiger partial charge in [0.05, 0.1) is 5.41 Å². The van der Waals surface area contributed by atoms with Gasteiger partial charge in [0.2, 0.25) is 5.91 Å². The van der Waals surface area contributed by atoms with Crippen LogP contribution in [0.25, 0.3) is 0 Å². The molecule has 0 saturated heterocycles. The molecule has 0 radical (unpaired) electrons. The lowest BCUT2D eigenvalue weighted by molar-refractivity contribution is -0.149. The number of carbonyl (C=O) groups excluding carboxylic acids is 1. The summed E-state index contributed by atoms with van der Waals surface area (Å²) in [5, 5.41) is 12.2. The van der Waals surface area contributed by atoms with Crippen LogP contribution < -0.4 is 5.32 Å². The Hall–Kier alpha value is -1.32. The number of carbonyl (C=O) groups is 2. The Morgan fingerprint density at radius 2 is 1.83 bits per heavy atom. The Morgan fingerprint density at radius 3 is 2.33 bits per heavy atom. The highest BCUT2D eigenvalue weighted by atomic mass is 16.4. The van der Waals surface area contributed by atoms with E-state index < -0.39 is 11.4 Å². The summed E-state index contributed by atoms with van der Waals surface area (Å²) in [7, 11) is 0. The molecule has 1 aliphatic rings. The van der Waals surface area contributed by atoms with Crippen molar-refractivity contribution < 1.29 is 14.7 Å². The van der Waals surface area contributed by atoms with Gasteiger partial charge in [-0.05, 0) is 19.3 Å². The zero-order valence-electron chi connectivity index (χ0n) is 10.9. The van der Waals surface area contributed by atoms with Crippen molar-refractivity contribution >= 4 is 11.9 Å². The predicted molar refractivity (Wildman–Crippen MR) is 70.2 cm³/mol. The highest BCUT2D eigenvalue weighted by Gasteiger charge is 2.38. The summed E-state index contributed by atoms with van der Waals surface area (Å²) < 4.78 is 0. The van der Waals surface area contributed by atoms with Gasteiger partial charge in [-0.3, -0.25) is 9.59 Å². The fourth-order valence-electron chi connectivity index (χ4n) is 2.46. The van der Waals surface area contributed by atoms with Crippen LogP contribution in [0.15, 0.2) is 12.7 Å². The van der Waals surface area contributed by atoms with Crippen LogP contribution in [-0.2, 0) is 9.59 Å². The molecular formula is C14H23NO3. The van der Waals surface area contributed by atoms with Crippen LogP contribution in [0.1, 0.15) is 51.4 Å². The van der Waals surface area contributed by atoms with E-state index in [1.807, 2.05) is 0 Å². The van der Waals surface area contributed by atoms with E-state index in [0.29, 0.717) is 25.7 Å². The molecular weight excluding hydrogens is 230 g/mol. The van der Waals surface area contributed by atoms with Crippen LogP contribution in [0, 0.1) is 5.41 Å². The molecule has 0 aromatic heterocycles. The first-order chi connectivity index (χ1) is 8.60. The number of aliphatic carboxylic acids is 1. The molecule has 2 N–H and O–H groups in total. The molecule has 102 valence electrons. The van der Waals surface area contributed by atoms with E-state index in [0.717, 1.165) is 25.7 Å². The molecule has 0 unspecified atom stereocenters. The van der Waals surface area contributed by atoms with Crippen molar-refractivity contribution in [3.8, 4) is 0 Å². The summed E-state index contributed by atoms with van der Waals surface area (Å²) in [4.78, 5) is 23.0. The normalized spacial score (nSPS) is 18.7. The molecule has 0 heterocycles. The van der Waals surface area contributed by atoms with Gasteiger partial charge in [0, 0.05) is 13.0 Å². The van der Waals surface area contributed by atoms with E-state index in [-0.39, 0.29) is 12.5 Å². The average Bonchev–Trinajstić information content (AvgIpc) is 2.60. The highest BCUT2D eigenvalue weighted by Crippen LogP contribution is 2.34. The van der Waals surface area contributed by atoms with E-state index in [1.54, 1.807) is 6.08 Å². The van der Waals surface area contributed by atoms with Gasteiger partial charge in [0.25, 0.3) is 0 Å². The number of hydrogen-bond donors (Lipinski definition) is 2. The maximum atomic E-state index is 11.5.